The number of para-hydroxylation sites is 8. The molecule has 0 bridgehead atoms. The highest BCUT2D eigenvalue weighted by Gasteiger charge is 2.56. The lowest BCUT2D eigenvalue weighted by Gasteiger charge is -2.50. The molecular weight excluding hydrogens is 1540 g/mol. The number of aromatic nitrogens is 2. The Morgan fingerprint density at radius 3 is 1.08 bits per heavy atom. The molecule has 5 heterocycles. The van der Waals surface area contributed by atoms with Gasteiger partial charge < -0.3 is 18.9 Å². The van der Waals surface area contributed by atoms with Gasteiger partial charge in [0.25, 0.3) is 0 Å². The zero-order chi connectivity index (χ0) is 84.5. The van der Waals surface area contributed by atoms with E-state index in [9.17, 15) is 0 Å². The predicted molar refractivity (Wildman–Crippen MR) is 530 cm³/mol. The Morgan fingerprint density at radius 1 is 0.222 bits per heavy atom. The second-order valence-electron chi connectivity index (χ2n) is 37.7. The summed E-state index contributed by atoms with van der Waals surface area (Å²) in [6.45, 7) is 19.5. The van der Waals surface area contributed by atoms with Gasteiger partial charge in [-0.25, -0.2) is 0 Å². The Balaban J connectivity index is 0.000000137. The van der Waals surface area contributed by atoms with Crippen molar-refractivity contribution in [1.82, 2.24) is 9.13 Å². The second-order valence-corrected chi connectivity index (χ2v) is 42.0. The first-order valence-electron chi connectivity index (χ1n) is 44.7. The molecule has 0 saturated heterocycles. The molecule has 2 spiro atoms. The van der Waals surface area contributed by atoms with E-state index in [1.54, 1.807) is 0 Å². The van der Waals surface area contributed by atoms with Crippen LogP contribution in [0.3, 0.4) is 0 Å². The lowest BCUT2D eigenvalue weighted by molar-refractivity contribution is 0.558. The summed E-state index contributed by atoms with van der Waals surface area (Å²) in [5, 5.41) is 8.23. The maximum Gasteiger partial charge on any atom is 0.113 e. The molecule has 0 amide bonds. The van der Waals surface area contributed by atoms with Crippen LogP contribution in [0.15, 0.2) is 413 Å². The van der Waals surface area contributed by atoms with Crippen LogP contribution in [0.4, 0.5) is 34.1 Å². The van der Waals surface area contributed by atoms with Gasteiger partial charge in [0.15, 0.2) is 0 Å². The van der Waals surface area contributed by atoms with Crippen molar-refractivity contribution < 1.29 is 0 Å². The molecule has 3 aliphatic carbocycles. The van der Waals surface area contributed by atoms with Gasteiger partial charge in [0.1, 0.15) is 8.07 Å². The van der Waals surface area contributed by atoms with Crippen molar-refractivity contribution >= 4 is 96.2 Å². The monoisotopic (exact) mass is 1630 g/mol. The number of fused-ring (bicyclic) bond motifs is 28. The molecule has 3 aliphatic heterocycles. The number of hydrogen-bond donors (Lipinski definition) is 0. The maximum atomic E-state index is 2.58. The first-order chi connectivity index (χ1) is 61.6. The van der Waals surface area contributed by atoms with E-state index in [-0.39, 0.29) is 16.2 Å². The van der Waals surface area contributed by atoms with Crippen molar-refractivity contribution in [2.24, 2.45) is 0 Å². The Kier molecular flexibility index (Phi) is 15.8. The van der Waals surface area contributed by atoms with Gasteiger partial charge in [0.05, 0.1) is 44.3 Å². The maximum absolute atomic E-state index is 2.58. The minimum absolute atomic E-state index is 0.0891. The zero-order valence-corrected chi connectivity index (χ0v) is 73.0. The average Bonchev–Trinajstić information content (AvgIpc) is 1.30. The van der Waals surface area contributed by atoms with Crippen molar-refractivity contribution in [2.75, 3.05) is 9.80 Å². The molecule has 0 N–H and O–H groups in total. The Morgan fingerprint density at radius 2 is 0.563 bits per heavy atom. The van der Waals surface area contributed by atoms with E-state index >= 15 is 0 Å². The smallest absolute Gasteiger partial charge is 0.113 e. The SMILES string of the molecule is CC1(C)c2ccccc2-c2ccc(N(c3ccccc3)c3ccc(-c4cccc5c4C(C)(C)c4ccccc4C54c5ccccc5-n5c6ccccc6c6cccc4c65)cc3)cc21.CC1(C)c2ccccc2-c2ccc(N(c3ccccc3)c3ccc(-c4cccc5c4[Si](C)(C)c4ccccc4C54c5ccccc5-n5c6ccccc6c6cccc4c65)cc3)cc21. The number of nitrogens with zero attached hydrogens (tertiary/aromatic N) is 4. The fourth-order valence-electron chi connectivity index (χ4n) is 24.7. The summed E-state index contributed by atoms with van der Waals surface area (Å²) in [4.78, 5) is 4.84. The van der Waals surface area contributed by atoms with E-state index in [4.69, 9.17) is 0 Å². The van der Waals surface area contributed by atoms with Crippen LogP contribution in [0.1, 0.15) is 119 Å². The molecule has 2 unspecified atom stereocenters. The van der Waals surface area contributed by atoms with Crippen molar-refractivity contribution in [3.63, 3.8) is 0 Å². The average molecular weight is 1630 g/mol. The Bertz CT molecular complexity index is 7500. The molecule has 126 heavy (non-hydrogen) atoms. The van der Waals surface area contributed by atoms with Crippen LogP contribution in [-0.4, -0.2) is 17.2 Å². The van der Waals surface area contributed by atoms with E-state index in [0.29, 0.717) is 0 Å². The third-order valence-corrected chi connectivity index (χ3v) is 33.6. The molecule has 0 saturated carbocycles. The summed E-state index contributed by atoms with van der Waals surface area (Å²) in [6, 6.07) is 156. The third-order valence-electron chi connectivity index (χ3n) is 30.0. The minimum Gasteiger partial charge on any atom is -0.310 e. The first kappa shape index (κ1) is 74.0. The van der Waals surface area contributed by atoms with Gasteiger partial charge in [-0.3, -0.25) is 0 Å². The van der Waals surface area contributed by atoms with Gasteiger partial charge >= 0.3 is 0 Å². The van der Waals surface area contributed by atoms with Crippen LogP contribution in [-0.2, 0) is 27.1 Å². The van der Waals surface area contributed by atoms with Crippen LogP contribution >= 0.6 is 0 Å². The molecular formula is C121H92N4Si. The minimum atomic E-state index is -2.31. The summed E-state index contributed by atoms with van der Waals surface area (Å²) < 4.78 is 5.08. The summed E-state index contributed by atoms with van der Waals surface area (Å²) in [6.07, 6.45) is 0. The van der Waals surface area contributed by atoms with Crippen molar-refractivity contribution in [3.05, 3.63) is 490 Å². The highest BCUT2D eigenvalue weighted by Crippen LogP contribution is 2.64. The molecule has 2 aromatic heterocycles. The first-order valence-corrected chi connectivity index (χ1v) is 47.7. The molecule has 6 aliphatic rings. The Hall–Kier alpha value is -14.6. The van der Waals surface area contributed by atoms with Crippen LogP contribution in [0.5, 0.6) is 0 Å². The molecule has 2 atom stereocenters. The quantitative estimate of drug-likeness (QED) is 0.141. The fraction of sp³-hybridized carbons (Fsp3) is 0.107. The van der Waals surface area contributed by atoms with E-state index in [1.807, 2.05) is 0 Å². The highest BCUT2D eigenvalue weighted by atomic mass is 28.3. The highest BCUT2D eigenvalue weighted by molar-refractivity contribution is 7.02. The number of rotatable bonds is 8. The van der Waals surface area contributed by atoms with Gasteiger partial charge in [0.2, 0.25) is 0 Å². The third kappa shape index (κ3) is 9.95. The molecule has 26 rings (SSSR count). The van der Waals surface area contributed by atoms with Crippen LogP contribution < -0.4 is 20.2 Å². The van der Waals surface area contributed by atoms with Crippen molar-refractivity contribution in [3.8, 4) is 55.9 Å². The molecule has 600 valence electrons. The standard InChI is InChI=1S/C61H46N2.C60H46N2Si/c1-59(2)48-24-10-8-20-44(48)45-37-36-42(38-54(45)59)62(40-18-6-5-7-19-40)41-34-32-39(33-35-41)43-22-16-28-52-57(43)60(3,4)49-25-11-12-26-50(49)61(52)51-27-13-15-31-56(51)63-55-30-14-9-21-46(55)47-23-17-29-53(61)58(47)63;1-59(2)48-24-10-8-20-44(48)45-37-36-42(38-53(45)59)61(40-18-6-5-7-19-40)41-34-32-39(33-35-41)43-22-16-28-52-58(43)63(3,4)56-31-15-12-26-50(56)60(52)49-25-11-14-30-55(49)62-54-29-13-9-21-46(54)47-23-17-27-51(60)57(47)62/h2*5-38H,1-4H3. The van der Waals surface area contributed by atoms with Gasteiger partial charge in [-0.05, 0) is 230 Å². The molecule has 4 nitrogen and oxygen atoms in total. The molecule has 5 heteroatoms. The van der Waals surface area contributed by atoms with E-state index < -0.39 is 18.9 Å². The van der Waals surface area contributed by atoms with Crippen LogP contribution in [0.25, 0.3) is 99.5 Å². The molecule has 0 radical (unpaired) electrons. The Labute approximate surface area is 737 Å². The zero-order valence-electron chi connectivity index (χ0n) is 72.0. The number of hydrogen-bond acceptors (Lipinski definition) is 2. The predicted octanol–water partition coefficient (Wildman–Crippen LogP) is 29.6. The number of anilines is 6. The van der Waals surface area contributed by atoms with Gasteiger partial charge in [-0.15, -0.1) is 0 Å². The van der Waals surface area contributed by atoms with Gasteiger partial charge in [0, 0.05) is 71.9 Å². The van der Waals surface area contributed by atoms with Crippen LogP contribution in [0, 0.1) is 0 Å². The number of benzene rings is 18. The molecule has 18 aromatic carbocycles. The van der Waals surface area contributed by atoms with E-state index in [0.717, 1.165) is 28.4 Å². The summed E-state index contributed by atoms with van der Waals surface area (Å²) in [7, 11) is -2.31. The molecule has 0 fully saturated rings. The largest absolute Gasteiger partial charge is 0.310 e. The van der Waals surface area contributed by atoms with E-state index in [2.05, 4.69) is 486 Å². The lowest BCUT2D eigenvalue weighted by atomic mass is 9.52. The summed E-state index contributed by atoms with van der Waals surface area (Å²) in [5.74, 6) is 0. The van der Waals surface area contributed by atoms with Crippen molar-refractivity contribution in [2.45, 2.75) is 81.7 Å². The fourth-order valence-corrected chi connectivity index (χ4v) is 28.3. The normalized spacial score (nSPS) is 16.9. The lowest BCUT2D eigenvalue weighted by Crippen LogP contribution is -2.64. The van der Waals surface area contributed by atoms with Crippen molar-refractivity contribution in [1.29, 1.82) is 0 Å². The summed E-state index contributed by atoms with van der Waals surface area (Å²) in [5.41, 5.74) is 42.6. The van der Waals surface area contributed by atoms with E-state index in [1.165, 1.54) is 193 Å². The van der Waals surface area contributed by atoms with Gasteiger partial charge in [-0.2, -0.15) is 0 Å². The second kappa shape index (κ2) is 26.9. The van der Waals surface area contributed by atoms with Crippen LogP contribution in [0.2, 0.25) is 13.1 Å². The van der Waals surface area contributed by atoms with Gasteiger partial charge in [-0.1, -0.05) is 370 Å². The molecule has 20 aromatic rings. The topological polar surface area (TPSA) is 16.3 Å². The summed E-state index contributed by atoms with van der Waals surface area (Å²) >= 11 is 0.